The van der Waals surface area contributed by atoms with Crippen molar-refractivity contribution in [2.75, 3.05) is 7.11 Å². The largest absolute Gasteiger partial charge is 0.495 e. The van der Waals surface area contributed by atoms with Crippen molar-refractivity contribution < 1.29 is 9.53 Å². The van der Waals surface area contributed by atoms with E-state index in [4.69, 9.17) is 32.9 Å². The van der Waals surface area contributed by atoms with E-state index in [9.17, 15) is 9.59 Å². The molecule has 0 radical (unpaired) electrons. The van der Waals surface area contributed by atoms with E-state index < -0.39 is 0 Å². The molecule has 0 spiro atoms. The molecule has 5 rings (SSSR count). The van der Waals surface area contributed by atoms with E-state index in [1.54, 1.807) is 41.0 Å². The summed E-state index contributed by atoms with van der Waals surface area (Å²) in [5.74, 6) is 0.462. The first kappa shape index (κ1) is 23.8. The third-order valence-electron chi connectivity index (χ3n) is 6.15. The molecule has 0 saturated heterocycles. The summed E-state index contributed by atoms with van der Waals surface area (Å²) < 4.78 is 7.17. The van der Waals surface area contributed by atoms with Gasteiger partial charge in [-0.15, -0.1) is 11.3 Å². The van der Waals surface area contributed by atoms with Crippen LogP contribution in [0.1, 0.15) is 36.3 Å². The Hall–Kier alpha value is -2.93. The summed E-state index contributed by atoms with van der Waals surface area (Å²) in [4.78, 5) is 32.0. The SMILES string of the molecule is COc1cc(Cl)ccc1-n1c2c(cc(-c3nc(-c4ccc(Cl)cc4)cs3)c1=O)C(=O)CC(C)(C)C2. The van der Waals surface area contributed by atoms with Crippen molar-refractivity contribution in [2.45, 2.75) is 26.7 Å². The Morgan fingerprint density at radius 3 is 2.40 bits per heavy atom. The molecule has 8 heteroatoms. The van der Waals surface area contributed by atoms with E-state index in [0.717, 1.165) is 11.3 Å². The van der Waals surface area contributed by atoms with Gasteiger partial charge in [-0.1, -0.05) is 49.2 Å². The molecule has 4 aromatic rings. The Morgan fingerprint density at radius 1 is 0.971 bits per heavy atom. The van der Waals surface area contributed by atoms with Crippen LogP contribution in [0.2, 0.25) is 10.0 Å². The number of hydrogen-bond donors (Lipinski definition) is 0. The van der Waals surface area contributed by atoms with Gasteiger partial charge in [0.2, 0.25) is 0 Å². The van der Waals surface area contributed by atoms with Crippen molar-refractivity contribution in [3.8, 4) is 33.3 Å². The number of thiazole rings is 1. The number of fused-ring (bicyclic) bond motifs is 1. The molecule has 178 valence electrons. The number of ketones is 1. The summed E-state index contributed by atoms with van der Waals surface area (Å²) in [6.45, 7) is 4.07. The third-order valence-corrected chi connectivity index (χ3v) is 7.51. The van der Waals surface area contributed by atoms with Gasteiger partial charge in [0.15, 0.2) is 5.78 Å². The van der Waals surface area contributed by atoms with Crippen LogP contribution in [-0.4, -0.2) is 22.4 Å². The van der Waals surface area contributed by atoms with Crippen LogP contribution >= 0.6 is 34.5 Å². The van der Waals surface area contributed by atoms with E-state index in [0.29, 0.717) is 56.2 Å². The maximum Gasteiger partial charge on any atom is 0.265 e. The van der Waals surface area contributed by atoms with Crippen LogP contribution in [0.15, 0.2) is 58.7 Å². The lowest BCUT2D eigenvalue weighted by atomic mass is 9.75. The average Bonchev–Trinajstić information content (AvgIpc) is 3.29. The van der Waals surface area contributed by atoms with E-state index in [-0.39, 0.29) is 16.8 Å². The van der Waals surface area contributed by atoms with Gasteiger partial charge in [-0.2, -0.15) is 0 Å². The van der Waals surface area contributed by atoms with Gasteiger partial charge in [-0.25, -0.2) is 4.98 Å². The summed E-state index contributed by atoms with van der Waals surface area (Å²) >= 11 is 13.6. The van der Waals surface area contributed by atoms with Crippen LogP contribution < -0.4 is 10.3 Å². The number of methoxy groups -OCH3 is 1. The molecule has 0 atom stereocenters. The smallest absolute Gasteiger partial charge is 0.265 e. The average molecular weight is 525 g/mol. The van der Waals surface area contributed by atoms with Gasteiger partial charge in [0, 0.05) is 44.7 Å². The van der Waals surface area contributed by atoms with Crippen molar-refractivity contribution in [3.63, 3.8) is 0 Å². The lowest BCUT2D eigenvalue weighted by Crippen LogP contribution is -2.35. The van der Waals surface area contributed by atoms with Gasteiger partial charge in [0.05, 0.1) is 24.1 Å². The number of halogens is 2. The van der Waals surface area contributed by atoms with Crippen molar-refractivity contribution >= 4 is 40.3 Å². The molecule has 2 heterocycles. The molecule has 0 fully saturated rings. The van der Waals surface area contributed by atoms with Crippen molar-refractivity contribution in [2.24, 2.45) is 5.41 Å². The Morgan fingerprint density at radius 2 is 1.69 bits per heavy atom. The summed E-state index contributed by atoms with van der Waals surface area (Å²) in [6, 6.07) is 14.2. The predicted molar refractivity (Wildman–Crippen MR) is 142 cm³/mol. The highest BCUT2D eigenvalue weighted by Gasteiger charge is 2.35. The number of Topliss-reactive ketones (excluding diaryl/α,β-unsaturated/α-hetero) is 1. The van der Waals surface area contributed by atoms with Crippen LogP contribution in [0.25, 0.3) is 27.5 Å². The first-order valence-corrected chi connectivity index (χ1v) is 12.7. The summed E-state index contributed by atoms with van der Waals surface area (Å²) in [5.41, 5.74) is 3.23. The van der Waals surface area contributed by atoms with Gasteiger partial charge in [0.25, 0.3) is 5.56 Å². The molecule has 0 unspecified atom stereocenters. The zero-order valence-corrected chi connectivity index (χ0v) is 21.7. The highest BCUT2D eigenvalue weighted by molar-refractivity contribution is 7.13. The second kappa shape index (κ2) is 8.94. The van der Waals surface area contributed by atoms with Crippen LogP contribution in [0.3, 0.4) is 0 Å². The molecular formula is C27H22Cl2N2O3S. The molecule has 35 heavy (non-hydrogen) atoms. The monoisotopic (exact) mass is 524 g/mol. The third kappa shape index (κ3) is 4.42. The second-order valence-corrected chi connectivity index (χ2v) is 11.1. The number of nitrogens with zero attached hydrogens (tertiary/aromatic N) is 2. The molecule has 1 aliphatic carbocycles. The first-order valence-electron chi connectivity index (χ1n) is 11.0. The number of ether oxygens (including phenoxy) is 1. The van der Waals surface area contributed by atoms with Gasteiger partial charge in [-0.05, 0) is 42.2 Å². The Balaban J connectivity index is 1.75. The Bertz CT molecular complexity index is 1520. The zero-order chi connectivity index (χ0) is 24.9. The van der Waals surface area contributed by atoms with Gasteiger partial charge < -0.3 is 4.74 Å². The van der Waals surface area contributed by atoms with Crippen molar-refractivity contribution in [1.29, 1.82) is 0 Å². The summed E-state index contributed by atoms with van der Waals surface area (Å²) in [6.07, 6.45) is 0.979. The molecule has 2 aromatic heterocycles. The lowest BCUT2D eigenvalue weighted by Gasteiger charge is -2.32. The fourth-order valence-electron chi connectivity index (χ4n) is 4.51. The minimum absolute atomic E-state index is 0.00802. The maximum atomic E-state index is 14.0. The minimum Gasteiger partial charge on any atom is -0.495 e. The molecule has 0 bridgehead atoms. The number of carbonyl (C=O) groups excluding carboxylic acids is 1. The molecular weight excluding hydrogens is 503 g/mol. The van der Waals surface area contributed by atoms with E-state index in [1.165, 1.54) is 18.4 Å². The summed E-state index contributed by atoms with van der Waals surface area (Å²) in [7, 11) is 1.53. The van der Waals surface area contributed by atoms with Gasteiger partial charge >= 0.3 is 0 Å². The molecule has 0 aliphatic heterocycles. The fraction of sp³-hybridized carbons (Fsp3) is 0.222. The quantitative estimate of drug-likeness (QED) is 0.285. The van der Waals surface area contributed by atoms with Crippen LogP contribution in [0.4, 0.5) is 0 Å². The van der Waals surface area contributed by atoms with Crippen molar-refractivity contribution in [3.05, 3.63) is 85.6 Å². The normalized spacial score (nSPS) is 14.6. The highest BCUT2D eigenvalue weighted by atomic mass is 35.5. The first-order chi connectivity index (χ1) is 16.7. The lowest BCUT2D eigenvalue weighted by molar-refractivity contribution is 0.0909. The highest BCUT2D eigenvalue weighted by Crippen LogP contribution is 2.38. The van der Waals surface area contributed by atoms with Crippen LogP contribution in [-0.2, 0) is 6.42 Å². The van der Waals surface area contributed by atoms with Crippen LogP contribution in [0.5, 0.6) is 5.75 Å². The molecule has 2 aromatic carbocycles. The van der Waals surface area contributed by atoms with E-state index in [2.05, 4.69) is 0 Å². The molecule has 0 saturated carbocycles. The zero-order valence-electron chi connectivity index (χ0n) is 19.4. The Kier molecular flexibility index (Phi) is 6.08. The van der Waals surface area contributed by atoms with E-state index in [1.807, 2.05) is 31.4 Å². The molecule has 5 nitrogen and oxygen atoms in total. The van der Waals surface area contributed by atoms with Crippen LogP contribution in [0, 0.1) is 5.41 Å². The topological polar surface area (TPSA) is 61.2 Å². The maximum absolute atomic E-state index is 14.0. The standard InChI is InChI=1S/C27H22Cl2N2O3S/c1-27(2)12-22-18(23(32)13-27)11-19(25-30-20(14-35-25)15-4-6-16(28)7-5-15)26(33)31(22)21-9-8-17(29)10-24(21)34-3/h4-11,14H,12-13H2,1-3H3. The number of hydrogen-bond acceptors (Lipinski definition) is 5. The second-order valence-electron chi connectivity index (χ2n) is 9.36. The minimum atomic E-state index is -0.275. The van der Waals surface area contributed by atoms with Crippen molar-refractivity contribution in [1.82, 2.24) is 9.55 Å². The number of benzene rings is 2. The molecule has 1 aliphatic rings. The number of aromatic nitrogens is 2. The fourth-order valence-corrected chi connectivity index (χ4v) is 5.63. The van der Waals surface area contributed by atoms with Gasteiger partial charge in [-0.3, -0.25) is 14.2 Å². The van der Waals surface area contributed by atoms with Gasteiger partial charge in [0.1, 0.15) is 10.8 Å². The molecule has 0 amide bonds. The number of pyridine rings is 1. The van der Waals surface area contributed by atoms with E-state index >= 15 is 0 Å². The predicted octanol–water partition coefficient (Wildman–Crippen LogP) is 7.10. The number of rotatable bonds is 4. The summed E-state index contributed by atoms with van der Waals surface area (Å²) in [5, 5.41) is 3.57. The molecule has 0 N–H and O–H groups in total. The number of carbonyl (C=O) groups is 1. The Labute approximate surface area is 216 Å².